The summed E-state index contributed by atoms with van der Waals surface area (Å²) in [6.45, 7) is 3.66. The Bertz CT molecular complexity index is 409. The molecule has 0 aliphatic heterocycles. The minimum absolute atomic E-state index is 0.0859. The molecule has 0 aliphatic rings. The first kappa shape index (κ1) is 13.2. The summed E-state index contributed by atoms with van der Waals surface area (Å²) in [7, 11) is 0. The lowest BCUT2D eigenvalue weighted by molar-refractivity contribution is -0.384. The lowest BCUT2D eigenvalue weighted by atomic mass is 10.1. The predicted molar refractivity (Wildman–Crippen MR) is 64.6 cm³/mol. The Balaban J connectivity index is 3.03. The van der Waals surface area contributed by atoms with Crippen molar-refractivity contribution in [2.45, 2.75) is 19.9 Å². The number of nitro groups is 1. The van der Waals surface area contributed by atoms with Crippen molar-refractivity contribution in [3.05, 3.63) is 22.2 Å². The monoisotopic (exact) mass is 240 g/mol. The van der Waals surface area contributed by atoms with E-state index in [0.717, 1.165) is 0 Å². The fourth-order valence-corrected chi connectivity index (χ4v) is 1.32. The van der Waals surface area contributed by atoms with E-state index in [1.165, 1.54) is 12.1 Å². The van der Waals surface area contributed by atoms with Gasteiger partial charge in [-0.05, 0) is 12.0 Å². The summed E-state index contributed by atoms with van der Waals surface area (Å²) in [5, 5.41) is 22.8. The third-order valence-electron chi connectivity index (χ3n) is 2.42. The van der Waals surface area contributed by atoms with Crippen LogP contribution in [0, 0.1) is 16.0 Å². The number of nitrogens with one attached hydrogen (secondary N) is 1. The summed E-state index contributed by atoms with van der Waals surface area (Å²) in [5.74, 6) is 0.393. The highest BCUT2D eigenvalue weighted by Crippen LogP contribution is 2.24. The molecular weight excluding hydrogens is 224 g/mol. The van der Waals surface area contributed by atoms with Gasteiger partial charge in [-0.25, -0.2) is 4.98 Å². The van der Waals surface area contributed by atoms with E-state index in [9.17, 15) is 10.1 Å². The first-order valence-electron chi connectivity index (χ1n) is 5.24. The maximum Gasteiger partial charge on any atom is 0.311 e. The van der Waals surface area contributed by atoms with Crippen LogP contribution in [0.1, 0.15) is 13.8 Å². The molecule has 1 rings (SSSR count). The Labute approximate surface area is 98.8 Å². The molecule has 0 amide bonds. The van der Waals surface area contributed by atoms with E-state index in [4.69, 9.17) is 10.8 Å². The second-order valence-corrected chi connectivity index (χ2v) is 4.04. The zero-order valence-corrected chi connectivity index (χ0v) is 9.75. The van der Waals surface area contributed by atoms with Crippen molar-refractivity contribution in [3.63, 3.8) is 0 Å². The number of anilines is 2. The summed E-state index contributed by atoms with van der Waals surface area (Å²) in [6.07, 6.45) is 0. The van der Waals surface area contributed by atoms with Gasteiger partial charge in [0.15, 0.2) is 0 Å². The summed E-state index contributed by atoms with van der Waals surface area (Å²) in [5.41, 5.74) is 5.33. The van der Waals surface area contributed by atoms with Crippen molar-refractivity contribution in [2.75, 3.05) is 17.7 Å². The van der Waals surface area contributed by atoms with Gasteiger partial charge >= 0.3 is 5.69 Å². The Morgan fingerprint density at radius 2 is 2.24 bits per heavy atom. The molecule has 0 saturated carbocycles. The largest absolute Gasteiger partial charge is 0.394 e. The van der Waals surface area contributed by atoms with Gasteiger partial charge < -0.3 is 16.2 Å². The third kappa shape index (κ3) is 3.28. The molecule has 17 heavy (non-hydrogen) atoms. The van der Waals surface area contributed by atoms with Crippen molar-refractivity contribution >= 4 is 17.3 Å². The highest BCUT2D eigenvalue weighted by atomic mass is 16.6. The lowest BCUT2D eigenvalue weighted by Crippen LogP contribution is -2.30. The van der Waals surface area contributed by atoms with Crippen LogP contribution in [0.25, 0.3) is 0 Å². The van der Waals surface area contributed by atoms with Crippen molar-refractivity contribution in [2.24, 2.45) is 5.92 Å². The van der Waals surface area contributed by atoms with E-state index in [0.29, 0.717) is 0 Å². The zero-order chi connectivity index (χ0) is 13.0. The minimum Gasteiger partial charge on any atom is -0.394 e. The van der Waals surface area contributed by atoms with E-state index in [-0.39, 0.29) is 35.9 Å². The lowest BCUT2D eigenvalue weighted by Gasteiger charge is -2.20. The van der Waals surface area contributed by atoms with Crippen LogP contribution in [-0.2, 0) is 0 Å². The molecule has 1 atom stereocenters. The highest BCUT2D eigenvalue weighted by Gasteiger charge is 2.20. The topological polar surface area (TPSA) is 114 Å². The Kier molecular flexibility index (Phi) is 4.22. The van der Waals surface area contributed by atoms with E-state index in [1.54, 1.807) is 0 Å². The van der Waals surface area contributed by atoms with Crippen LogP contribution in [0.2, 0.25) is 0 Å². The van der Waals surface area contributed by atoms with Gasteiger partial charge in [0.2, 0.25) is 5.82 Å². The van der Waals surface area contributed by atoms with Gasteiger partial charge in [-0.15, -0.1) is 0 Å². The predicted octanol–water partition coefficient (Wildman–Crippen LogP) is 1.00. The Hall–Kier alpha value is -1.89. The van der Waals surface area contributed by atoms with Crippen LogP contribution in [0.3, 0.4) is 0 Å². The fraction of sp³-hybridized carbons (Fsp3) is 0.500. The first-order valence-corrected chi connectivity index (χ1v) is 5.24. The second-order valence-electron chi connectivity index (χ2n) is 4.04. The van der Waals surface area contributed by atoms with Gasteiger partial charge in [0.1, 0.15) is 5.82 Å². The Morgan fingerprint density at radius 3 is 2.71 bits per heavy atom. The average Bonchev–Trinajstić information content (AvgIpc) is 2.25. The molecule has 94 valence electrons. The van der Waals surface area contributed by atoms with E-state index >= 15 is 0 Å². The number of aromatic nitrogens is 1. The maximum absolute atomic E-state index is 10.8. The highest BCUT2D eigenvalue weighted by molar-refractivity contribution is 5.59. The van der Waals surface area contributed by atoms with Gasteiger partial charge in [-0.3, -0.25) is 10.1 Å². The van der Waals surface area contributed by atoms with Crippen molar-refractivity contribution in [1.29, 1.82) is 0 Å². The number of nitrogens with zero attached hydrogens (tertiary/aromatic N) is 2. The summed E-state index contributed by atoms with van der Waals surface area (Å²) < 4.78 is 0. The number of hydrogen-bond donors (Lipinski definition) is 3. The SMILES string of the molecule is CC(C)C(CO)Nc1nc(N)ccc1[N+](=O)[O-]. The van der Waals surface area contributed by atoms with Gasteiger partial charge in [0.25, 0.3) is 0 Å². The standard InChI is InChI=1S/C10H16N4O3/c1-6(2)7(5-15)12-10-8(14(16)17)3-4-9(11)13-10/h3-4,6-7,15H,5H2,1-2H3,(H3,11,12,13). The van der Waals surface area contributed by atoms with Crippen LogP contribution >= 0.6 is 0 Å². The molecule has 0 bridgehead atoms. The quantitative estimate of drug-likeness (QED) is 0.522. The van der Waals surface area contributed by atoms with Crippen LogP contribution in [0.15, 0.2) is 12.1 Å². The van der Waals surface area contributed by atoms with Gasteiger partial charge in [-0.2, -0.15) is 0 Å². The fourth-order valence-electron chi connectivity index (χ4n) is 1.32. The molecule has 0 saturated heterocycles. The number of hydrogen-bond acceptors (Lipinski definition) is 6. The molecule has 1 aromatic heterocycles. The summed E-state index contributed by atoms with van der Waals surface area (Å²) >= 11 is 0. The zero-order valence-electron chi connectivity index (χ0n) is 9.75. The minimum atomic E-state index is -0.538. The molecule has 0 spiro atoms. The summed E-state index contributed by atoms with van der Waals surface area (Å²) in [6, 6.07) is 2.36. The number of aliphatic hydroxyl groups is 1. The molecule has 1 aromatic rings. The first-order chi connectivity index (χ1) is 7.95. The number of pyridine rings is 1. The Morgan fingerprint density at radius 1 is 1.59 bits per heavy atom. The molecule has 0 aliphatic carbocycles. The molecule has 0 radical (unpaired) electrons. The van der Waals surface area contributed by atoms with Gasteiger partial charge in [0.05, 0.1) is 17.6 Å². The number of aliphatic hydroxyl groups excluding tert-OH is 1. The molecular formula is C10H16N4O3. The molecule has 0 fully saturated rings. The van der Waals surface area contributed by atoms with Crippen LogP contribution < -0.4 is 11.1 Å². The van der Waals surface area contributed by atoms with E-state index in [2.05, 4.69) is 10.3 Å². The third-order valence-corrected chi connectivity index (χ3v) is 2.42. The van der Waals surface area contributed by atoms with Crippen LogP contribution in [-0.4, -0.2) is 27.7 Å². The van der Waals surface area contributed by atoms with E-state index in [1.807, 2.05) is 13.8 Å². The van der Waals surface area contributed by atoms with Gasteiger partial charge in [-0.1, -0.05) is 13.8 Å². The van der Waals surface area contributed by atoms with Crippen molar-refractivity contribution in [1.82, 2.24) is 4.98 Å². The van der Waals surface area contributed by atoms with Gasteiger partial charge in [0, 0.05) is 6.07 Å². The van der Waals surface area contributed by atoms with E-state index < -0.39 is 4.92 Å². The number of nitrogens with two attached hydrogens (primary N) is 1. The smallest absolute Gasteiger partial charge is 0.311 e. The summed E-state index contributed by atoms with van der Waals surface area (Å²) in [4.78, 5) is 14.1. The molecule has 1 heterocycles. The molecule has 1 unspecified atom stereocenters. The number of nitrogen functional groups attached to an aromatic ring is 1. The normalized spacial score (nSPS) is 12.5. The molecule has 4 N–H and O–H groups in total. The van der Waals surface area contributed by atoms with Crippen LogP contribution in [0.5, 0.6) is 0 Å². The molecule has 0 aromatic carbocycles. The number of rotatable bonds is 5. The molecule has 7 heteroatoms. The maximum atomic E-state index is 10.8. The van der Waals surface area contributed by atoms with Crippen molar-refractivity contribution in [3.8, 4) is 0 Å². The van der Waals surface area contributed by atoms with Crippen molar-refractivity contribution < 1.29 is 10.0 Å². The van der Waals surface area contributed by atoms with Crippen LogP contribution in [0.4, 0.5) is 17.3 Å². The second kappa shape index (κ2) is 5.44. The molecule has 7 nitrogen and oxygen atoms in total. The average molecular weight is 240 g/mol.